The number of hydrogen-bond donors (Lipinski definition) is 2. The lowest BCUT2D eigenvalue weighted by Crippen LogP contribution is -2.36. The number of hydrazine groups is 1. The van der Waals surface area contributed by atoms with Crippen molar-refractivity contribution in [1.29, 1.82) is 0 Å². The van der Waals surface area contributed by atoms with E-state index in [0.717, 1.165) is 23.7 Å². The summed E-state index contributed by atoms with van der Waals surface area (Å²) in [7, 11) is 0. The van der Waals surface area contributed by atoms with E-state index in [4.69, 9.17) is 5.84 Å². The van der Waals surface area contributed by atoms with E-state index < -0.39 is 0 Å². The summed E-state index contributed by atoms with van der Waals surface area (Å²) in [6.07, 6.45) is 2.99. The summed E-state index contributed by atoms with van der Waals surface area (Å²) in [5.41, 5.74) is 5.36. The van der Waals surface area contributed by atoms with Crippen LogP contribution < -0.4 is 11.3 Å². The molecule has 0 bridgehead atoms. The minimum Gasteiger partial charge on any atom is -0.271 e. The van der Waals surface area contributed by atoms with Gasteiger partial charge in [0.2, 0.25) is 0 Å². The highest BCUT2D eigenvalue weighted by Gasteiger charge is 2.07. The summed E-state index contributed by atoms with van der Waals surface area (Å²) in [5.74, 6) is 5.55. The molecule has 3 N–H and O–H groups in total. The largest absolute Gasteiger partial charge is 0.271 e. The molecule has 0 fully saturated rings. The summed E-state index contributed by atoms with van der Waals surface area (Å²) < 4.78 is 1.11. The van der Waals surface area contributed by atoms with Gasteiger partial charge < -0.3 is 0 Å². The van der Waals surface area contributed by atoms with E-state index >= 15 is 0 Å². The first-order valence-electron chi connectivity index (χ1n) is 5.46. The third-order valence-electron chi connectivity index (χ3n) is 2.53. The molecule has 2 nitrogen and oxygen atoms in total. The minimum atomic E-state index is 0.311. The van der Waals surface area contributed by atoms with Crippen LogP contribution in [0, 0.1) is 0 Å². The monoisotopic (exact) mass is 282 g/mol. The quantitative estimate of drug-likeness (QED) is 0.478. The van der Waals surface area contributed by atoms with Gasteiger partial charge in [0.05, 0.1) is 0 Å². The Labute approximate surface area is 106 Å². The fourth-order valence-corrected chi connectivity index (χ4v) is 2.06. The van der Waals surface area contributed by atoms with Gasteiger partial charge in [0, 0.05) is 10.5 Å². The maximum Gasteiger partial charge on any atom is 0.0253 e. The first kappa shape index (κ1) is 13.4. The Hall–Kier alpha value is -0.640. The Balaban J connectivity index is 2.52. The van der Waals surface area contributed by atoms with Crippen molar-refractivity contribution in [3.8, 4) is 0 Å². The molecule has 88 valence electrons. The molecule has 0 spiro atoms. The van der Waals surface area contributed by atoms with Crippen LogP contribution in [0.1, 0.15) is 25.3 Å². The molecule has 0 radical (unpaired) electrons. The Kier molecular flexibility index (Phi) is 5.74. The Morgan fingerprint density at radius 2 is 2.31 bits per heavy atom. The molecule has 1 unspecified atom stereocenters. The number of halogens is 1. The molecule has 1 rings (SSSR count). The lowest BCUT2D eigenvalue weighted by molar-refractivity contribution is 0.491. The smallest absolute Gasteiger partial charge is 0.0253 e. The van der Waals surface area contributed by atoms with Crippen molar-refractivity contribution < 1.29 is 0 Å². The molecule has 0 amide bonds. The third-order valence-corrected chi connectivity index (χ3v) is 3.02. The molecule has 0 aliphatic rings. The summed E-state index contributed by atoms with van der Waals surface area (Å²) in [6, 6.07) is 8.64. The molecule has 0 saturated carbocycles. The molecular formula is C13H19BrN2. The van der Waals surface area contributed by atoms with Gasteiger partial charge in [0.25, 0.3) is 0 Å². The molecule has 3 heteroatoms. The zero-order valence-corrected chi connectivity index (χ0v) is 11.3. The van der Waals surface area contributed by atoms with Gasteiger partial charge in [-0.3, -0.25) is 11.3 Å². The van der Waals surface area contributed by atoms with E-state index in [2.05, 4.69) is 40.1 Å². The molecule has 0 aromatic heterocycles. The van der Waals surface area contributed by atoms with Crippen molar-refractivity contribution >= 4 is 15.9 Å². The molecule has 1 aromatic carbocycles. The molecular weight excluding hydrogens is 264 g/mol. The van der Waals surface area contributed by atoms with Crippen molar-refractivity contribution in [2.75, 3.05) is 0 Å². The highest BCUT2D eigenvalue weighted by Crippen LogP contribution is 2.15. The molecule has 1 aromatic rings. The topological polar surface area (TPSA) is 38.0 Å². The molecule has 0 saturated heterocycles. The van der Waals surface area contributed by atoms with Crippen molar-refractivity contribution in [3.05, 3.63) is 46.5 Å². The first-order chi connectivity index (χ1) is 7.61. The van der Waals surface area contributed by atoms with Crippen molar-refractivity contribution in [2.45, 2.75) is 32.2 Å². The zero-order valence-electron chi connectivity index (χ0n) is 9.67. The molecule has 1 atom stereocenters. The van der Waals surface area contributed by atoms with E-state index in [-0.39, 0.29) is 0 Å². The van der Waals surface area contributed by atoms with Crippen molar-refractivity contribution in [2.24, 2.45) is 5.84 Å². The first-order valence-corrected chi connectivity index (χ1v) is 6.26. The fourth-order valence-electron chi connectivity index (χ4n) is 1.61. The van der Waals surface area contributed by atoms with Crippen LogP contribution in [0.15, 0.2) is 40.9 Å². The average Bonchev–Trinajstić information content (AvgIpc) is 2.24. The van der Waals surface area contributed by atoms with Crippen LogP contribution in [-0.4, -0.2) is 6.04 Å². The zero-order chi connectivity index (χ0) is 12.0. The number of benzene rings is 1. The average molecular weight is 283 g/mol. The van der Waals surface area contributed by atoms with E-state index in [0.29, 0.717) is 6.04 Å². The lowest BCUT2D eigenvalue weighted by Gasteiger charge is -2.16. The van der Waals surface area contributed by atoms with Crippen LogP contribution in [0.25, 0.3) is 0 Å². The summed E-state index contributed by atoms with van der Waals surface area (Å²) in [5, 5.41) is 0. The maximum absolute atomic E-state index is 5.55. The predicted octanol–water partition coefficient (Wildman–Crippen LogP) is 3.18. The molecule has 0 aliphatic carbocycles. The van der Waals surface area contributed by atoms with Crippen LogP contribution in [0.4, 0.5) is 0 Å². The van der Waals surface area contributed by atoms with Gasteiger partial charge in [-0.2, -0.15) is 0 Å². The third kappa shape index (κ3) is 4.92. The van der Waals surface area contributed by atoms with Gasteiger partial charge in [0.15, 0.2) is 0 Å². The summed E-state index contributed by atoms with van der Waals surface area (Å²) in [6.45, 7) is 5.95. The number of hydrogen-bond acceptors (Lipinski definition) is 2. The highest BCUT2D eigenvalue weighted by molar-refractivity contribution is 9.10. The second kappa shape index (κ2) is 6.84. The Bertz CT molecular complexity index is 350. The number of nitrogens with one attached hydrogen (secondary N) is 1. The van der Waals surface area contributed by atoms with Crippen LogP contribution in [0.2, 0.25) is 0 Å². The molecule has 0 aliphatic heterocycles. The van der Waals surface area contributed by atoms with E-state index in [1.807, 2.05) is 19.1 Å². The van der Waals surface area contributed by atoms with Crippen LogP contribution in [-0.2, 0) is 6.42 Å². The SMILES string of the molecule is C=C(C)CCC(Cc1cccc(Br)c1)NN. The van der Waals surface area contributed by atoms with Crippen molar-refractivity contribution in [3.63, 3.8) is 0 Å². The highest BCUT2D eigenvalue weighted by atomic mass is 79.9. The lowest BCUT2D eigenvalue weighted by atomic mass is 10.0. The van der Waals surface area contributed by atoms with E-state index in [1.54, 1.807) is 0 Å². The molecule has 0 heterocycles. The fraction of sp³-hybridized carbons (Fsp3) is 0.385. The van der Waals surface area contributed by atoms with Gasteiger partial charge >= 0.3 is 0 Å². The van der Waals surface area contributed by atoms with Crippen LogP contribution in [0.3, 0.4) is 0 Å². The minimum absolute atomic E-state index is 0.311. The van der Waals surface area contributed by atoms with Gasteiger partial charge in [0.1, 0.15) is 0 Å². The summed E-state index contributed by atoms with van der Waals surface area (Å²) >= 11 is 3.47. The maximum atomic E-state index is 5.55. The van der Waals surface area contributed by atoms with Gasteiger partial charge in [-0.1, -0.05) is 33.6 Å². The van der Waals surface area contributed by atoms with Gasteiger partial charge in [-0.25, -0.2) is 0 Å². The summed E-state index contributed by atoms with van der Waals surface area (Å²) in [4.78, 5) is 0. The Morgan fingerprint density at radius 3 is 2.88 bits per heavy atom. The second-order valence-electron chi connectivity index (χ2n) is 4.19. The number of rotatable bonds is 6. The van der Waals surface area contributed by atoms with Crippen LogP contribution >= 0.6 is 15.9 Å². The number of nitrogens with two attached hydrogens (primary N) is 1. The van der Waals surface area contributed by atoms with E-state index in [1.165, 1.54) is 11.1 Å². The predicted molar refractivity (Wildman–Crippen MR) is 73.0 cm³/mol. The van der Waals surface area contributed by atoms with E-state index in [9.17, 15) is 0 Å². The normalized spacial score (nSPS) is 12.4. The van der Waals surface area contributed by atoms with Gasteiger partial charge in [-0.15, -0.1) is 6.58 Å². The number of allylic oxidation sites excluding steroid dienone is 1. The standard InChI is InChI=1S/C13H19BrN2/c1-10(2)6-7-13(16-15)9-11-4-3-5-12(14)8-11/h3-5,8,13,16H,1,6-7,9,15H2,2H3. The Morgan fingerprint density at radius 1 is 1.56 bits per heavy atom. The second-order valence-corrected chi connectivity index (χ2v) is 5.11. The van der Waals surface area contributed by atoms with Crippen molar-refractivity contribution in [1.82, 2.24) is 5.43 Å². The molecule has 16 heavy (non-hydrogen) atoms. The van der Waals surface area contributed by atoms with Crippen LogP contribution in [0.5, 0.6) is 0 Å². The van der Waals surface area contributed by atoms with Gasteiger partial charge in [-0.05, 0) is 43.9 Å².